The van der Waals surface area contributed by atoms with Crippen LogP contribution in [0.3, 0.4) is 0 Å². The van der Waals surface area contributed by atoms with Gasteiger partial charge in [-0.2, -0.15) is 0 Å². The van der Waals surface area contributed by atoms with E-state index in [2.05, 4.69) is 15.2 Å². The van der Waals surface area contributed by atoms with Crippen molar-refractivity contribution in [3.63, 3.8) is 0 Å². The van der Waals surface area contributed by atoms with E-state index >= 15 is 4.39 Å². The third kappa shape index (κ3) is 6.50. The Balaban J connectivity index is 1.37. The Kier molecular flexibility index (Phi) is 8.99. The minimum absolute atomic E-state index is 0.0137. The number of rotatable bonds is 11. The molecule has 9 heteroatoms. The number of pyridine rings is 1. The summed E-state index contributed by atoms with van der Waals surface area (Å²) < 4.78 is 48.2. The largest absolute Gasteiger partial charge is 0.497 e. The quantitative estimate of drug-likeness (QED) is 0.338. The molecule has 2 aromatic carbocycles. The highest BCUT2D eigenvalue weighted by Gasteiger charge is 2.35. The highest BCUT2D eigenvalue weighted by atomic mass is 19.1. The first-order chi connectivity index (χ1) is 18.2. The minimum Gasteiger partial charge on any atom is -0.497 e. The van der Waals surface area contributed by atoms with Crippen LogP contribution in [0.25, 0.3) is 10.9 Å². The number of fused-ring (bicyclic) bond motifs is 1. The van der Waals surface area contributed by atoms with Gasteiger partial charge in [0.25, 0.3) is 0 Å². The van der Waals surface area contributed by atoms with Crippen LogP contribution in [0.4, 0.5) is 24.5 Å². The molecule has 1 aliphatic heterocycles. The molecule has 0 bridgehead atoms. The fourth-order valence-electron chi connectivity index (χ4n) is 5.32. The summed E-state index contributed by atoms with van der Waals surface area (Å²) in [5, 5.41) is 14.1. The number of aliphatic hydroxyl groups is 1. The van der Waals surface area contributed by atoms with E-state index in [1.165, 1.54) is 12.1 Å². The van der Waals surface area contributed by atoms with Crippen molar-refractivity contribution in [2.45, 2.75) is 31.9 Å². The molecule has 2 heterocycles. The Morgan fingerprint density at radius 2 is 1.84 bits per heavy atom. The molecule has 0 spiro atoms. The molecule has 0 aliphatic carbocycles. The van der Waals surface area contributed by atoms with Crippen molar-refractivity contribution in [1.29, 1.82) is 0 Å². The second kappa shape index (κ2) is 12.2. The number of aromatic nitrogens is 1. The molecule has 1 fully saturated rings. The zero-order chi connectivity index (χ0) is 27.3. The first-order valence-corrected chi connectivity index (χ1v) is 13.0. The van der Waals surface area contributed by atoms with Crippen molar-refractivity contribution in [2.75, 3.05) is 64.2 Å². The van der Waals surface area contributed by atoms with Crippen LogP contribution < -0.4 is 15.0 Å². The molecule has 2 N–H and O–H groups in total. The second-order valence-corrected chi connectivity index (χ2v) is 10.4. The summed E-state index contributed by atoms with van der Waals surface area (Å²) in [7, 11) is 5.35. The molecule has 1 aromatic heterocycles. The van der Waals surface area contributed by atoms with Crippen LogP contribution in [-0.4, -0.2) is 69.0 Å². The predicted molar refractivity (Wildman–Crippen MR) is 146 cm³/mol. The third-order valence-electron chi connectivity index (χ3n) is 7.69. The van der Waals surface area contributed by atoms with Gasteiger partial charge in [0.05, 0.1) is 24.5 Å². The average Bonchev–Trinajstić information content (AvgIpc) is 2.91. The van der Waals surface area contributed by atoms with Crippen LogP contribution in [0.5, 0.6) is 5.75 Å². The lowest BCUT2D eigenvalue weighted by molar-refractivity contribution is 0.0316. The normalized spacial score (nSPS) is 16.4. The zero-order valence-electron chi connectivity index (χ0n) is 22.3. The zero-order valence-corrected chi connectivity index (χ0v) is 22.3. The number of alkyl halides is 1. The number of nitrogens with zero attached hydrogens (tertiary/aromatic N) is 3. The third-order valence-corrected chi connectivity index (χ3v) is 7.69. The van der Waals surface area contributed by atoms with E-state index in [1.807, 2.05) is 37.2 Å². The lowest BCUT2D eigenvalue weighted by atomic mass is 9.74. The van der Waals surface area contributed by atoms with E-state index < -0.39 is 17.8 Å². The van der Waals surface area contributed by atoms with Crippen molar-refractivity contribution >= 4 is 22.3 Å². The van der Waals surface area contributed by atoms with Crippen molar-refractivity contribution in [3.05, 3.63) is 59.8 Å². The fraction of sp³-hybridized carbons (Fsp3) is 0.483. The van der Waals surface area contributed by atoms with E-state index in [4.69, 9.17) is 4.74 Å². The molecule has 1 atom stereocenters. The fourth-order valence-corrected chi connectivity index (χ4v) is 5.32. The van der Waals surface area contributed by atoms with E-state index in [-0.39, 0.29) is 12.0 Å². The maximum atomic E-state index is 16.0. The first kappa shape index (κ1) is 28.0. The van der Waals surface area contributed by atoms with Crippen molar-refractivity contribution in [3.8, 4) is 5.75 Å². The summed E-state index contributed by atoms with van der Waals surface area (Å²) >= 11 is 0. The first-order valence-electron chi connectivity index (χ1n) is 13.0. The molecule has 1 aliphatic rings. The monoisotopic (exact) mass is 530 g/mol. The smallest absolute Gasteiger partial charge is 0.128 e. The molecule has 38 heavy (non-hydrogen) atoms. The number of piperidine rings is 1. The molecule has 3 aromatic rings. The average molecular weight is 531 g/mol. The molecule has 0 amide bonds. The Labute approximate surface area is 222 Å². The molecule has 0 radical (unpaired) electrons. The molecule has 6 nitrogen and oxygen atoms in total. The number of methoxy groups -OCH3 is 1. The molecule has 1 saturated heterocycles. The van der Waals surface area contributed by atoms with Crippen LogP contribution in [0.1, 0.15) is 37.4 Å². The summed E-state index contributed by atoms with van der Waals surface area (Å²) in [6.45, 7) is 2.82. The lowest BCUT2D eigenvalue weighted by Crippen LogP contribution is -2.43. The topological polar surface area (TPSA) is 60.9 Å². The Morgan fingerprint density at radius 3 is 2.47 bits per heavy atom. The highest BCUT2D eigenvalue weighted by Crippen LogP contribution is 2.42. The minimum atomic E-state index is -1.22. The molecule has 4 rings (SSSR count). The number of hydrogen-bond donors (Lipinski definition) is 2. The Bertz CT molecular complexity index is 1210. The van der Waals surface area contributed by atoms with Gasteiger partial charge in [0.1, 0.15) is 23.6 Å². The number of ether oxygens (including phenoxy) is 1. The van der Waals surface area contributed by atoms with Gasteiger partial charge in [0, 0.05) is 56.5 Å². The molecular weight excluding hydrogens is 493 g/mol. The number of benzene rings is 2. The Hall–Kier alpha value is -3.04. The van der Waals surface area contributed by atoms with E-state index in [0.717, 1.165) is 43.1 Å². The van der Waals surface area contributed by atoms with Gasteiger partial charge in [-0.1, -0.05) is 0 Å². The van der Waals surface area contributed by atoms with Gasteiger partial charge in [-0.15, -0.1) is 0 Å². The van der Waals surface area contributed by atoms with Crippen LogP contribution >= 0.6 is 0 Å². The van der Waals surface area contributed by atoms with Crippen LogP contribution in [0.2, 0.25) is 0 Å². The highest BCUT2D eigenvalue weighted by molar-refractivity contribution is 5.88. The number of anilines is 2. The SMILES string of the molecule is COc1ccc2ncc(N(C)C)c(C(F)CCC3(CO)CCN(CCNc4cc(F)cc(F)c4)CC3)c2c1. The lowest BCUT2D eigenvalue weighted by Gasteiger charge is -2.41. The van der Waals surface area contributed by atoms with Crippen LogP contribution in [0.15, 0.2) is 42.6 Å². The summed E-state index contributed by atoms with van der Waals surface area (Å²) in [4.78, 5) is 8.65. The van der Waals surface area contributed by atoms with E-state index in [0.29, 0.717) is 48.4 Å². The summed E-state index contributed by atoms with van der Waals surface area (Å²) in [6.07, 6.45) is 2.88. The van der Waals surface area contributed by atoms with E-state index in [9.17, 15) is 13.9 Å². The molecular formula is C29H37F3N4O2. The van der Waals surface area contributed by atoms with Gasteiger partial charge in [-0.25, -0.2) is 13.2 Å². The van der Waals surface area contributed by atoms with E-state index in [1.54, 1.807) is 13.3 Å². The summed E-state index contributed by atoms with van der Waals surface area (Å²) in [6, 6.07) is 8.89. The van der Waals surface area contributed by atoms with Gasteiger partial charge in [-0.3, -0.25) is 4.98 Å². The molecule has 1 unspecified atom stereocenters. The Morgan fingerprint density at radius 1 is 1.13 bits per heavy atom. The number of hydrogen-bond acceptors (Lipinski definition) is 6. The second-order valence-electron chi connectivity index (χ2n) is 10.4. The van der Waals surface area contributed by atoms with Crippen molar-refractivity contribution in [2.24, 2.45) is 5.41 Å². The number of aliphatic hydroxyl groups excluding tert-OH is 1. The van der Waals surface area contributed by atoms with Gasteiger partial charge in [0.15, 0.2) is 0 Å². The van der Waals surface area contributed by atoms with Gasteiger partial charge < -0.3 is 25.0 Å². The van der Waals surface area contributed by atoms with Crippen molar-refractivity contribution < 1.29 is 23.0 Å². The molecule has 206 valence electrons. The standard InChI is InChI=1S/C29H37F3N4O2/c1-35(2)27-18-34-26-5-4-23(38-3)17-24(26)28(27)25(32)6-7-29(19-37)8-11-36(12-9-29)13-10-33-22-15-20(30)14-21(31)16-22/h4-5,14-18,25,33,37H,6-13,19H2,1-3H3. The predicted octanol–water partition coefficient (Wildman–Crippen LogP) is 5.57. The number of likely N-dealkylation sites (tertiary alicyclic amines) is 1. The van der Waals surface area contributed by atoms with Gasteiger partial charge in [-0.05, 0) is 74.5 Å². The maximum absolute atomic E-state index is 16.0. The van der Waals surface area contributed by atoms with Crippen LogP contribution in [-0.2, 0) is 0 Å². The van der Waals surface area contributed by atoms with Gasteiger partial charge >= 0.3 is 0 Å². The van der Waals surface area contributed by atoms with Gasteiger partial charge in [0.2, 0.25) is 0 Å². The number of nitrogens with one attached hydrogen (secondary N) is 1. The van der Waals surface area contributed by atoms with Crippen LogP contribution in [0, 0.1) is 17.0 Å². The van der Waals surface area contributed by atoms with Crippen molar-refractivity contribution in [1.82, 2.24) is 9.88 Å². The molecule has 0 saturated carbocycles. The summed E-state index contributed by atoms with van der Waals surface area (Å²) in [5.74, 6) is -0.568. The maximum Gasteiger partial charge on any atom is 0.128 e. The number of halogens is 3. The summed E-state index contributed by atoms with van der Waals surface area (Å²) in [5.41, 5.74) is 2.13.